The summed E-state index contributed by atoms with van der Waals surface area (Å²) in [5.74, 6) is -0.671. The molecule has 3 heterocycles. The molecule has 0 spiro atoms. The Balaban J connectivity index is 1.45. The van der Waals surface area contributed by atoms with Gasteiger partial charge in [0.2, 0.25) is 0 Å². The van der Waals surface area contributed by atoms with Crippen molar-refractivity contribution in [1.29, 1.82) is 0 Å². The Bertz CT molecular complexity index is 851. The average Bonchev–Trinajstić information content (AvgIpc) is 3.00. The summed E-state index contributed by atoms with van der Waals surface area (Å²) in [6.45, 7) is 0.575. The van der Waals surface area contributed by atoms with E-state index < -0.39 is 33.7 Å². The normalized spacial score (nSPS) is 25.7. The van der Waals surface area contributed by atoms with Crippen molar-refractivity contribution < 1.29 is 31.8 Å². The van der Waals surface area contributed by atoms with Crippen molar-refractivity contribution >= 4 is 27.3 Å². The number of halogens is 2. The van der Waals surface area contributed by atoms with E-state index in [0.717, 1.165) is 17.0 Å². The molecule has 1 N–H and O–H groups in total. The van der Waals surface area contributed by atoms with Gasteiger partial charge in [-0.25, -0.2) is 22.0 Å². The molecule has 10 heteroatoms. The molecule has 0 aromatic heterocycles. The highest BCUT2D eigenvalue weighted by molar-refractivity contribution is 7.92. The number of carbonyl (C=O) groups is 1. The van der Waals surface area contributed by atoms with Crippen molar-refractivity contribution in [2.75, 3.05) is 47.5 Å². The predicted molar refractivity (Wildman–Crippen MR) is 98.1 cm³/mol. The number of benzene rings is 1. The van der Waals surface area contributed by atoms with Crippen LogP contribution in [0.1, 0.15) is 12.8 Å². The predicted octanol–water partition coefficient (Wildman–Crippen LogP) is 1.54. The van der Waals surface area contributed by atoms with E-state index in [1.54, 1.807) is 4.90 Å². The number of aliphatic hydroxyl groups excluding tert-OH is 1. The van der Waals surface area contributed by atoms with E-state index in [9.17, 15) is 22.0 Å². The molecule has 7 nitrogen and oxygen atoms in total. The van der Waals surface area contributed by atoms with Crippen molar-refractivity contribution in [2.45, 2.75) is 18.9 Å². The van der Waals surface area contributed by atoms with Gasteiger partial charge >= 0.3 is 6.09 Å². The maximum Gasteiger partial charge on any atom is 0.414 e. The molecule has 1 amide bonds. The van der Waals surface area contributed by atoms with Gasteiger partial charge in [-0.2, -0.15) is 0 Å². The number of hydrogen-bond donors (Lipinski definition) is 1. The molecular weight excluding hydrogens is 394 g/mol. The van der Waals surface area contributed by atoms with Gasteiger partial charge in [0, 0.05) is 25.2 Å². The molecule has 0 bridgehead atoms. The summed E-state index contributed by atoms with van der Waals surface area (Å²) < 4.78 is 57.0. The van der Waals surface area contributed by atoms with Crippen LogP contribution in [0.4, 0.5) is 25.0 Å². The Morgan fingerprint density at radius 1 is 1.11 bits per heavy atom. The van der Waals surface area contributed by atoms with Crippen LogP contribution in [-0.2, 0) is 14.6 Å². The van der Waals surface area contributed by atoms with Crippen LogP contribution >= 0.6 is 0 Å². The van der Waals surface area contributed by atoms with E-state index in [1.165, 1.54) is 0 Å². The van der Waals surface area contributed by atoms with Crippen molar-refractivity contribution in [3.05, 3.63) is 23.8 Å². The molecule has 0 saturated carbocycles. The van der Waals surface area contributed by atoms with Crippen molar-refractivity contribution in [2.24, 2.45) is 11.8 Å². The molecule has 28 heavy (non-hydrogen) atoms. The van der Waals surface area contributed by atoms with Gasteiger partial charge in [0.05, 0.1) is 30.3 Å². The third-order valence-electron chi connectivity index (χ3n) is 5.85. The van der Waals surface area contributed by atoms with Gasteiger partial charge in [-0.15, -0.1) is 0 Å². The zero-order valence-corrected chi connectivity index (χ0v) is 16.0. The van der Waals surface area contributed by atoms with Gasteiger partial charge in [-0.3, -0.25) is 4.90 Å². The first kappa shape index (κ1) is 19.4. The van der Waals surface area contributed by atoms with Crippen LogP contribution in [0, 0.1) is 23.5 Å². The minimum absolute atomic E-state index is 0.0310. The van der Waals surface area contributed by atoms with E-state index >= 15 is 0 Å². The maximum atomic E-state index is 14.7. The summed E-state index contributed by atoms with van der Waals surface area (Å²) in [5, 5.41) is 9.09. The first-order valence-electron chi connectivity index (χ1n) is 9.31. The van der Waals surface area contributed by atoms with Crippen molar-refractivity contribution in [3.63, 3.8) is 0 Å². The highest BCUT2D eigenvalue weighted by Gasteiger charge is 2.40. The summed E-state index contributed by atoms with van der Waals surface area (Å²) >= 11 is 0. The zero-order valence-electron chi connectivity index (χ0n) is 15.2. The monoisotopic (exact) mass is 416 g/mol. The number of aliphatic hydroxyl groups is 1. The topological polar surface area (TPSA) is 87.2 Å². The van der Waals surface area contributed by atoms with Crippen molar-refractivity contribution in [1.82, 2.24) is 0 Å². The molecule has 4 rings (SSSR count). The van der Waals surface area contributed by atoms with Crippen LogP contribution < -0.4 is 9.80 Å². The summed E-state index contributed by atoms with van der Waals surface area (Å²) in [7, 11) is -2.87. The van der Waals surface area contributed by atoms with Crippen LogP contribution in [0.25, 0.3) is 0 Å². The van der Waals surface area contributed by atoms with Crippen molar-refractivity contribution in [3.8, 4) is 0 Å². The number of sulfone groups is 1. The van der Waals surface area contributed by atoms with E-state index in [2.05, 4.69) is 0 Å². The van der Waals surface area contributed by atoms with Gasteiger partial charge in [-0.05, 0) is 24.7 Å². The van der Waals surface area contributed by atoms with Crippen LogP contribution in [0.5, 0.6) is 0 Å². The SMILES string of the molecule is O=C1O[C@@H](CO)CN1c1cc(F)c(N2CCC(C3CS(=O)(=O)C3)CC2)c(F)c1. The molecule has 0 unspecified atom stereocenters. The highest BCUT2D eigenvalue weighted by Crippen LogP contribution is 2.37. The Kier molecular flexibility index (Phi) is 4.95. The number of rotatable bonds is 4. The molecule has 154 valence electrons. The van der Waals surface area contributed by atoms with Gasteiger partial charge in [0.15, 0.2) is 21.5 Å². The number of carbonyl (C=O) groups excluding carboxylic acids is 1. The average molecular weight is 416 g/mol. The van der Waals surface area contributed by atoms with Gasteiger partial charge < -0.3 is 14.7 Å². The minimum atomic E-state index is -2.87. The number of cyclic esters (lactones) is 1. The Labute approximate surface area is 161 Å². The Morgan fingerprint density at radius 3 is 2.21 bits per heavy atom. The van der Waals surface area contributed by atoms with Crippen LogP contribution in [-0.4, -0.2) is 63.5 Å². The molecule has 0 radical (unpaired) electrons. The third kappa shape index (κ3) is 3.55. The standard InChI is InChI=1S/C18H22F2N2O5S/c19-15-5-13(22-7-14(8-23)27-18(22)24)6-16(20)17(15)21-3-1-11(2-4-21)12-9-28(25,26)10-12/h5-6,11-12,14,23H,1-4,7-10H2/t14-/m1/s1. The smallest absolute Gasteiger partial charge is 0.414 e. The summed E-state index contributed by atoms with van der Waals surface area (Å²) in [4.78, 5) is 14.6. The lowest BCUT2D eigenvalue weighted by Crippen LogP contribution is -2.46. The summed E-state index contributed by atoms with van der Waals surface area (Å²) in [5.41, 5.74) is -0.0797. The Hall–Kier alpha value is -1.94. The summed E-state index contributed by atoms with van der Waals surface area (Å²) in [6.07, 6.45) is -0.0796. The molecule has 3 aliphatic rings. The molecule has 1 atom stereocenters. The number of amides is 1. The highest BCUT2D eigenvalue weighted by atomic mass is 32.2. The zero-order chi connectivity index (χ0) is 20.1. The van der Waals surface area contributed by atoms with E-state index in [1.807, 2.05) is 0 Å². The molecule has 1 aromatic rings. The number of hydrogen-bond acceptors (Lipinski definition) is 6. The fourth-order valence-electron chi connectivity index (χ4n) is 4.31. The lowest BCUT2D eigenvalue weighted by Gasteiger charge is -2.40. The van der Waals surface area contributed by atoms with Crippen LogP contribution in [0.2, 0.25) is 0 Å². The lowest BCUT2D eigenvalue weighted by molar-refractivity contribution is 0.0963. The number of nitrogens with zero attached hydrogens (tertiary/aromatic N) is 2. The van der Waals surface area contributed by atoms with Crippen LogP contribution in [0.15, 0.2) is 12.1 Å². The summed E-state index contributed by atoms with van der Waals surface area (Å²) in [6, 6.07) is 2.20. The first-order chi connectivity index (χ1) is 13.3. The minimum Gasteiger partial charge on any atom is -0.441 e. The number of anilines is 2. The fraction of sp³-hybridized carbons (Fsp3) is 0.611. The van der Waals surface area contributed by atoms with Crippen LogP contribution in [0.3, 0.4) is 0 Å². The second kappa shape index (κ2) is 7.14. The first-order valence-corrected chi connectivity index (χ1v) is 11.1. The molecule has 3 aliphatic heterocycles. The van der Waals surface area contributed by atoms with Gasteiger partial charge in [-0.1, -0.05) is 0 Å². The molecule has 3 saturated heterocycles. The largest absolute Gasteiger partial charge is 0.441 e. The lowest BCUT2D eigenvalue weighted by atomic mass is 9.86. The van der Waals surface area contributed by atoms with E-state index in [-0.39, 0.29) is 47.9 Å². The van der Waals surface area contributed by atoms with Gasteiger partial charge in [0.25, 0.3) is 0 Å². The molecule has 1 aromatic carbocycles. The third-order valence-corrected chi connectivity index (χ3v) is 7.72. The number of piperidine rings is 1. The van der Waals surface area contributed by atoms with E-state index in [4.69, 9.17) is 9.84 Å². The fourth-order valence-corrected chi connectivity index (χ4v) is 6.06. The Morgan fingerprint density at radius 2 is 1.71 bits per heavy atom. The second-order valence-corrected chi connectivity index (χ2v) is 9.87. The maximum absolute atomic E-state index is 14.7. The molecule has 0 aliphatic carbocycles. The van der Waals surface area contributed by atoms with Gasteiger partial charge in [0.1, 0.15) is 11.8 Å². The van der Waals surface area contributed by atoms with E-state index in [0.29, 0.717) is 25.9 Å². The molecule has 3 fully saturated rings. The number of ether oxygens (including phenoxy) is 1. The second-order valence-electron chi connectivity index (χ2n) is 7.72. The molecular formula is C18H22F2N2O5S. The quantitative estimate of drug-likeness (QED) is 0.801.